The lowest BCUT2D eigenvalue weighted by Gasteiger charge is -2.27. The summed E-state index contributed by atoms with van der Waals surface area (Å²) in [5.74, 6) is -3.80. The maximum Gasteiger partial charge on any atom is 0.625 e. The Hall–Kier alpha value is -3.45. The first-order valence-corrected chi connectivity index (χ1v) is 11.3. The van der Waals surface area contributed by atoms with E-state index in [0.717, 1.165) is 6.07 Å². The molecule has 164 valence electrons. The lowest BCUT2D eigenvalue weighted by Crippen LogP contribution is -2.17. The summed E-state index contributed by atoms with van der Waals surface area (Å²) in [5.41, 5.74) is -1.18. The Bertz CT molecular complexity index is 1540. The molecule has 2 unspecified atom stereocenters. The summed E-state index contributed by atoms with van der Waals surface area (Å²) < 4.78 is 60.8. The predicted octanol–water partition coefficient (Wildman–Crippen LogP) is 3.44. The maximum absolute atomic E-state index is 13.3. The lowest BCUT2D eigenvalue weighted by atomic mass is 10.1. The van der Waals surface area contributed by atoms with Gasteiger partial charge >= 0.3 is 15.6 Å². The van der Waals surface area contributed by atoms with Gasteiger partial charge in [-0.15, -0.1) is 0 Å². The summed E-state index contributed by atoms with van der Waals surface area (Å²) >= 11 is 0. The molecule has 0 saturated heterocycles. The van der Waals surface area contributed by atoms with E-state index in [1.54, 1.807) is 0 Å². The maximum atomic E-state index is 13.3. The summed E-state index contributed by atoms with van der Waals surface area (Å²) in [6.07, 6.45) is 0. The highest BCUT2D eigenvalue weighted by Gasteiger charge is 2.51. The molecule has 1 aromatic heterocycles. The van der Waals surface area contributed by atoms with E-state index < -0.39 is 61.0 Å². The molecule has 0 spiro atoms. The number of benzene rings is 2. The van der Waals surface area contributed by atoms with Gasteiger partial charge < -0.3 is 38.1 Å². The molecule has 0 amide bonds. The summed E-state index contributed by atoms with van der Waals surface area (Å²) in [6.45, 7) is 0. The molecule has 0 saturated carbocycles. The van der Waals surface area contributed by atoms with Gasteiger partial charge in [0, 0.05) is 5.56 Å². The van der Waals surface area contributed by atoms with Crippen molar-refractivity contribution in [1.29, 1.82) is 0 Å². The van der Waals surface area contributed by atoms with Crippen molar-refractivity contribution in [3.05, 3.63) is 28.4 Å². The van der Waals surface area contributed by atoms with E-state index in [4.69, 9.17) is 37.7 Å². The van der Waals surface area contributed by atoms with Crippen LogP contribution in [0, 0.1) is 0 Å². The number of hydrogen-bond acceptors (Lipinski definition) is 15. The smallest absolute Gasteiger partial charge is 0.504 e. The SMILES string of the molecule is O=c1c2c3oc4c5c6c(c(c14)OOP(=O)(OOc1ccc-3cc1O)OO6)OP(=O)(OO2)O5. The van der Waals surface area contributed by atoms with Gasteiger partial charge in [-0.05, 0) is 18.2 Å². The Kier molecular flexibility index (Phi) is 3.21. The van der Waals surface area contributed by atoms with Crippen LogP contribution in [0.4, 0.5) is 0 Å². The van der Waals surface area contributed by atoms with Gasteiger partial charge in [0.1, 0.15) is 5.39 Å². The molecule has 2 aromatic carbocycles. The Morgan fingerprint density at radius 2 is 1.44 bits per heavy atom. The van der Waals surface area contributed by atoms with Crippen LogP contribution >= 0.6 is 15.6 Å². The van der Waals surface area contributed by atoms with Crippen molar-refractivity contribution in [3.8, 4) is 51.6 Å². The van der Waals surface area contributed by atoms with Crippen LogP contribution in [0.2, 0.25) is 0 Å². The average Bonchev–Trinajstić information content (AvgIpc) is 2.83. The van der Waals surface area contributed by atoms with E-state index in [1.165, 1.54) is 12.1 Å². The van der Waals surface area contributed by atoms with Crippen LogP contribution < -0.4 is 34.0 Å². The number of aromatic hydroxyl groups is 1. The average molecular weight is 486 g/mol. The van der Waals surface area contributed by atoms with Crippen molar-refractivity contribution in [2.45, 2.75) is 0 Å². The van der Waals surface area contributed by atoms with Gasteiger partial charge in [0.25, 0.3) is 11.5 Å². The highest BCUT2D eigenvalue weighted by molar-refractivity contribution is 7.49. The summed E-state index contributed by atoms with van der Waals surface area (Å²) in [5, 5.41) is 9.86. The molecule has 11 heterocycles. The number of phenols is 1. The van der Waals surface area contributed by atoms with Crippen LogP contribution in [-0.2, 0) is 27.8 Å². The van der Waals surface area contributed by atoms with Gasteiger partial charge in [-0.3, -0.25) is 4.79 Å². The van der Waals surface area contributed by atoms with Crippen molar-refractivity contribution in [1.82, 2.24) is 0 Å². The van der Waals surface area contributed by atoms with Crippen LogP contribution in [-0.4, -0.2) is 5.11 Å². The topological polar surface area (TPSA) is 177 Å². The van der Waals surface area contributed by atoms with Crippen molar-refractivity contribution >= 4 is 26.6 Å². The lowest BCUT2D eigenvalue weighted by molar-refractivity contribution is -0.242. The second kappa shape index (κ2) is 5.66. The summed E-state index contributed by atoms with van der Waals surface area (Å²) in [4.78, 5) is 33.2. The van der Waals surface area contributed by atoms with E-state index in [-0.39, 0.29) is 22.7 Å². The minimum Gasteiger partial charge on any atom is -0.504 e. The Morgan fingerprint density at radius 3 is 2.25 bits per heavy atom. The van der Waals surface area contributed by atoms with Crippen LogP contribution in [0.3, 0.4) is 0 Å². The number of hydrogen-bond donors (Lipinski definition) is 1. The van der Waals surface area contributed by atoms with E-state index >= 15 is 0 Å². The van der Waals surface area contributed by atoms with Gasteiger partial charge in [-0.25, -0.2) is 9.13 Å². The van der Waals surface area contributed by atoms with Gasteiger partial charge in [0.2, 0.25) is 28.4 Å². The minimum atomic E-state index is -4.83. The minimum absolute atomic E-state index is 0.0918. The van der Waals surface area contributed by atoms with Crippen LogP contribution in [0.5, 0.6) is 40.2 Å². The highest BCUT2D eigenvalue weighted by atomic mass is 31.2. The fourth-order valence-electron chi connectivity index (χ4n) is 3.27. The van der Waals surface area contributed by atoms with Crippen molar-refractivity contribution in [2.24, 2.45) is 0 Å². The summed E-state index contributed by atoms with van der Waals surface area (Å²) in [7, 11) is -9.40. The molecule has 2 atom stereocenters. The van der Waals surface area contributed by atoms with E-state index in [1.807, 2.05) is 0 Å². The second-order valence-corrected chi connectivity index (χ2v) is 9.25. The van der Waals surface area contributed by atoms with E-state index in [9.17, 15) is 19.0 Å². The van der Waals surface area contributed by atoms with Crippen LogP contribution in [0.25, 0.3) is 22.3 Å². The van der Waals surface area contributed by atoms with E-state index in [0.29, 0.717) is 0 Å². The van der Waals surface area contributed by atoms with Gasteiger partial charge in [0.15, 0.2) is 17.1 Å². The molecule has 10 aliphatic rings. The Balaban J connectivity index is 1.70. The molecule has 0 fully saturated rings. The van der Waals surface area contributed by atoms with Crippen molar-refractivity contribution in [2.75, 3.05) is 0 Å². The zero-order valence-corrected chi connectivity index (χ0v) is 16.6. The molecule has 1 N–H and O–H groups in total. The molecule has 3 aromatic rings. The molecule has 15 nitrogen and oxygen atoms in total. The molecule has 13 rings (SSSR count). The van der Waals surface area contributed by atoms with Crippen LogP contribution in [0.1, 0.15) is 0 Å². The first-order valence-electron chi connectivity index (χ1n) is 8.43. The monoisotopic (exact) mass is 486 g/mol. The van der Waals surface area contributed by atoms with Gasteiger partial charge in [-0.2, -0.15) is 0 Å². The first kappa shape index (κ1) is 18.2. The zero-order valence-electron chi connectivity index (χ0n) is 14.8. The molecular formula is C15H4O15P2. The fourth-order valence-corrected chi connectivity index (χ4v) is 4.89. The van der Waals surface area contributed by atoms with Gasteiger partial charge in [0.05, 0.1) is 0 Å². The highest BCUT2D eigenvalue weighted by Crippen LogP contribution is 2.68. The number of rotatable bonds is 0. The third-order valence-corrected chi connectivity index (χ3v) is 6.44. The fraction of sp³-hybridized carbons (Fsp3) is 0. The van der Waals surface area contributed by atoms with Crippen molar-refractivity contribution < 1.29 is 65.9 Å². The number of phenolic OH excluding ortho intramolecular Hbond substituents is 1. The molecule has 0 radical (unpaired) electrons. The molecule has 0 aliphatic carbocycles. The van der Waals surface area contributed by atoms with Crippen molar-refractivity contribution in [3.63, 3.8) is 0 Å². The Labute approximate surface area is 173 Å². The van der Waals surface area contributed by atoms with E-state index in [2.05, 4.69) is 14.0 Å². The predicted molar refractivity (Wildman–Crippen MR) is 92.9 cm³/mol. The number of phosphoric acid groups is 2. The molecule has 32 heavy (non-hydrogen) atoms. The zero-order chi connectivity index (χ0) is 21.8. The third kappa shape index (κ3) is 2.26. The molecular weight excluding hydrogens is 482 g/mol. The van der Waals surface area contributed by atoms with Crippen LogP contribution in [0.15, 0.2) is 27.4 Å². The van der Waals surface area contributed by atoms with Gasteiger partial charge in [-0.1, -0.05) is 18.7 Å². The largest absolute Gasteiger partial charge is 0.625 e. The normalized spacial score (nSPS) is 26.0. The first-order chi connectivity index (χ1) is 15.3. The standard InChI is InChI=1S/C15H4O15P2/c16-5-3-4-1-2-6(5)21-27-32(19)29-22-11-7-8(17)12-9(4)20-10(7)14-13(24-30-32)15(11)26-31(18,25-14)28-23-12/h1-3,16H. The number of phosphoric ester groups is 1. The quantitative estimate of drug-likeness (QED) is 0.361. The summed E-state index contributed by atoms with van der Waals surface area (Å²) in [6, 6.07) is 3.61. The third-order valence-electron chi connectivity index (χ3n) is 4.60. The molecule has 10 aliphatic heterocycles. The molecule has 17 heteroatoms. The second-order valence-electron chi connectivity index (χ2n) is 6.50. The Morgan fingerprint density at radius 1 is 0.750 bits per heavy atom. The molecule has 12 bridgehead atoms.